The number of aryl methyl sites for hydroxylation is 1. The fraction of sp³-hybridized carbons (Fsp3) is 0.417. The predicted octanol–water partition coefficient (Wildman–Crippen LogP) is 2.52. The van der Waals surface area contributed by atoms with Crippen molar-refractivity contribution in [1.29, 1.82) is 0 Å². The van der Waals surface area contributed by atoms with Gasteiger partial charge in [0.05, 0.1) is 10.4 Å². The summed E-state index contributed by atoms with van der Waals surface area (Å²) < 4.78 is 0. The fourth-order valence-corrected chi connectivity index (χ4v) is 2.79. The van der Waals surface area contributed by atoms with Crippen molar-refractivity contribution in [3.8, 4) is 10.7 Å². The normalized spacial score (nSPS) is 14.4. The van der Waals surface area contributed by atoms with E-state index in [2.05, 4.69) is 20.3 Å². The number of nitrogens with one attached hydrogen (secondary N) is 1. The van der Waals surface area contributed by atoms with Crippen molar-refractivity contribution in [1.82, 2.24) is 15.0 Å². The van der Waals surface area contributed by atoms with Crippen LogP contribution in [0.2, 0.25) is 0 Å². The molecule has 0 aromatic carbocycles. The minimum atomic E-state index is 0.803. The summed E-state index contributed by atoms with van der Waals surface area (Å²) in [7, 11) is 1.92. The van der Waals surface area contributed by atoms with Crippen LogP contribution < -0.4 is 5.32 Å². The average Bonchev–Trinajstić information content (AvgIpc) is 2.91. The molecule has 0 unspecified atom stereocenters. The van der Waals surface area contributed by atoms with Gasteiger partial charge in [0.15, 0.2) is 5.82 Å². The maximum absolute atomic E-state index is 4.68. The Labute approximate surface area is 104 Å². The number of fused-ring (bicyclic) bond motifs is 1. The van der Waals surface area contributed by atoms with Crippen LogP contribution in [0.1, 0.15) is 24.1 Å². The monoisotopic (exact) mass is 246 g/mol. The van der Waals surface area contributed by atoms with Crippen LogP contribution in [0, 0.1) is 0 Å². The summed E-state index contributed by atoms with van der Waals surface area (Å²) >= 11 is 1.58. The molecule has 0 bridgehead atoms. The maximum atomic E-state index is 4.68. The highest BCUT2D eigenvalue weighted by atomic mass is 32.1. The van der Waals surface area contributed by atoms with Gasteiger partial charge in [-0.15, -0.1) is 11.3 Å². The van der Waals surface area contributed by atoms with Gasteiger partial charge < -0.3 is 5.32 Å². The molecule has 1 aliphatic carbocycles. The van der Waals surface area contributed by atoms with E-state index in [0.29, 0.717) is 0 Å². The van der Waals surface area contributed by atoms with Crippen LogP contribution in [0.5, 0.6) is 0 Å². The molecule has 0 spiro atoms. The average molecular weight is 246 g/mol. The lowest BCUT2D eigenvalue weighted by molar-refractivity contribution is 0.665. The molecule has 0 fully saturated rings. The topological polar surface area (TPSA) is 50.7 Å². The third-order valence-corrected chi connectivity index (χ3v) is 3.84. The Balaban J connectivity index is 2.12. The van der Waals surface area contributed by atoms with E-state index in [1.165, 1.54) is 24.1 Å². The zero-order valence-electron chi connectivity index (χ0n) is 9.73. The Morgan fingerprint density at radius 2 is 2.12 bits per heavy atom. The molecular formula is C12H14N4S. The summed E-state index contributed by atoms with van der Waals surface area (Å²) in [4.78, 5) is 14.4. The molecule has 88 valence electrons. The summed E-state index contributed by atoms with van der Waals surface area (Å²) in [6.45, 7) is 0. The summed E-state index contributed by atoms with van der Waals surface area (Å²) in [5, 5.41) is 3.19. The van der Waals surface area contributed by atoms with Crippen molar-refractivity contribution in [2.24, 2.45) is 0 Å². The van der Waals surface area contributed by atoms with Crippen LogP contribution >= 0.6 is 11.3 Å². The summed E-state index contributed by atoms with van der Waals surface area (Å²) in [6, 6.07) is 0. The van der Waals surface area contributed by atoms with Crippen molar-refractivity contribution in [3.63, 3.8) is 0 Å². The van der Waals surface area contributed by atoms with E-state index in [4.69, 9.17) is 0 Å². The lowest BCUT2D eigenvalue weighted by Gasteiger charge is -2.18. The number of thiazole rings is 1. The molecule has 2 aromatic heterocycles. The molecule has 0 radical (unpaired) electrons. The smallest absolute Gasteiger partial charge is 0.173 e. The van der Waals surface area contributed by atoms with E-state index >= 15 is 0 Å². The van der Waals surface area contributed by atoms with Gasteiger partial charge in [0.2, 0.25) is 0 Å². The molecule has 0 saturated heterocycles. The highest BCUT2D eigenvalue weighted by molar-refractivity contribution is 7.13. The van der Waals surface area contributed by atoms with Crippen LogP contribution in [-0.4, -0.2) is 22.0 Å². The van der Waals surface area contributed by atoms with Crippen molar-refractivity contribution in [2.75, 3.05) is 12.4 Å². The van der Waals surface area contributed by atoms with Gasteiger partial charge >= 0.3 is 0 Å². The third-order valence-electron chi connectivity index (χ3n) is 3.07. The quantitative estimate of drug-likeness (QED) is 0.884. The van der Waals surface area contributed by atoms with Gasteiger partial charge in [-0.3, -0.25) is 4.98 Å². The van der Waals surface area contributed by atoms with Gasteiger partial charge in [0.25, 0.3) is 0 Å². The standard InChI is InChI=1S/C12H14N4S/c1-13-11-8-4-2-3-5-9(8)15-12(16-11)10-6-14-7-17-10/h6-7H,2-5H2,1H3,(H,13,15,16). The third kappa shape index (κ3) is 1.91. The molecule has 1 N–H and O–H groups in total. The van der Waals surface area contributed by atoms with E-state index in [1.54, 1.807) is 11.3 Å². The van der Waals surface area contributed by atoms with Crippen LogP contribution in [0.3, 0.4) is 0 Å². The highest BCUT2D eigenvalue weighted by Gasteiger charge is 2.18. The first-order valence-corrected chi connectivity index (χ1v) is 6.73. The zero-order valence-corrected chi connectivity index (χ0v) is 10.5. The second-order valence-electron chi connectivity index (χ2n) is 4.14. The van der Waals surface area contributed by atoms with Gasteiger partial charge in [-0.25, -0.2) is 9.97 Å². The largest absolute Gasteiger partial charge is 0.373 e. The Morgan fingerprint density at radius 3 is 2.88 bits per heavy atom. The number of rotatable bonds is 2. The number of hydrogen-bond donors (Lipinski definition) is 1. The van der Waals surface area contributed by atoms with E-state index in [1.807, 2.05) is 18.8 Å². The molecule has 0 saturated carbocycles. The first-order valence-electron chi connectivity index (χ1n) is 5.85. The van der Waals surface area contributed by atoms with Gasteiger partial charge in [0.1, 0.15) is 5.82 Å². The van der Waals surface area contributed by atoms with Crippen LogP contribution in [-0.2, 0) is 12.8 Å². The van der Waals surface area contributed by atoms with Gasteiger partial charge in [-0.05, 0) is 25.7 Å². The first-order chi connectivity index (χ1) is 8.38. The molecule has 0 atom stereocenters. The summed E-state index contributed by atoms with van der Waals surface area (Å²) in [5.74, 6) is 1.79. The first kappa shape index (κ1) is 10.7. The maximum Gasteiger partial charge on any atom is 0.173 e. The summed E-state index contributed by atoms with van der Waals surface area (Å²) in [6.07, 6.45) is 6.46. The number of aromatic nitrogens is 3. The van der Waals surface area contributed by atoms with Crippen LogP contribution in [0.25, 0.3) is 10.7 Å². The number of hydrogen-bond acceptors (Lipinski definition) is 5. The van der Waals surface area contributed by atoms with Gasteiger partial charge in [0, 0.05) is 24.5 Å². The molecule has 4 nitrogen and oxygen atoms in total. The van der Waals surface area contributed by atoms with Gasteiger partial charge in [-0.2, -0.15) is 0 Å². The fourth-order valence-electron chi connectivity index (χ4n) is 2.24. The SMILES string of the molecule is CNc1nc(-c2cncs2)nc2c1CCCC2. The Hall–Kier alpha value is -1.49. The molecule has 0 aliphatic heterocycles. The van der Waals surface area contributed by atoms with E-state index in [0.717, 1.165) is 29.4 Å². The second kappa shape index (κ2) is 4.41. The second-order valence-corrected chi connectivity index (χ2v) is 5.03. The lowest BCUT2D eigenvalue weighted by Crippen LogP contribution is -2.11. The van der Waals surface area contributed by atoms with Crippen molar-refractivity contribution >= 4 is 17.2 Å². The van der Waals surface area contributed by atoms with Gasteiger partial charge in [-0.1, -0.05) is 0 Å². The number of anilines is 1. The molecule has 2 heterocycles. The molecule has 1 aliphatic rings. The molecule has 17 heavy (non-hydrogen) atoms. The number of nitrogens with zero attached hydrogens (tertiary/aromatic N) is 3. The minimum absolute atomic E-state index is 0.803. The molecule has 2 aromatic rings. The van der Waals surface area contributed by atoms with Crippen molar-refractivity contribution in [3.05, 3.63) is 23.0 Å². The Morgan fingerprint density at radius 1 is 1.24 bits per heavy atom. The Bertz CT molecular complexity index is 504. The van der Waals surface area contributed by atoms with Crippen molar-refractivity contribution < 1.29 is 0 Å². The molecular weight excluding hydrogens is 232 g/mol. The lowest BCUT2D eigenvalue weighted by atomic mass is 9.96. The van der Waals surface area contributed by atoms with E-state index < -0.39 is 0 Å². The Kier molecular flexibility index (Phi) is 2.76. The van der Waals surface area contributed by atoms with Crippen LogP contribution in [0.4, 0.5) is 5.82 Å². The minimum Gasteiger partial charge on any atom is -0.373 e. The molecule has 3 rings (SSSR count). The molecule has 5 heteroatoms. The molecule has 0 amide bonds. The van der Waals surface area contributed by atoms with Crippen LogP contribution in [0.15, 0.2) is 11.7 Å². The summed E-state index contributed by atoms with van der Waals surface area (Å²) in [5.41, 5.74) is 4.32. The zero-order chi connectivity index (χ0) is 11.7. The highest BCUT2D eigenvalue weighted by Crippen LogP contribution is 2.29. The predicted molar refractivity (Wildman–Crippen MR) is 69.3 cm³/mol. The van der Waals surface area contributed by atoms with Crippen molar-refractivity contribution in [2.45, 2.75) is 25.7 Å². The van der Waals surface area contributed by atoms with E-state index in [-0.39, 0.29) is 0 Å². The van der Waals surface area contributed by atoms with E-state index in [9.17, 15) is 0 Å².